The number of ether oxygens (including phenoxy) is 1. The van der Waals surface area contributed by atoms with Crippen LogP contribution in [0.2, 0.25) is 0 Å². The molecule has 0 bridgehead atoms. The van der Waals surface area contributed by atoms with Crippen LogP contribution in [-0.4, -0.2) is 37.0 Å². The molecule has 0 spiro atoms. The highest BCUT2D eigenvalue weighted by molar-refractivity contribution is 5.94. The van der Waals surface area contributed by atoms with Crippen LogP contribution in [0.1, 0.15) is 16.8 Å². The van der Waals surface area contributed by atoms with Crippen molar-refractivity contribution in [3.05, 3.63) is 59.7 Å². The summed E-state index contributed by atoms with van der Waals surface area (Å²) in [6, 6.07) is 10.1. The van der Waals surface area contributed by atoms with E-state index in [1.165, 1.54) is 6.07 Å². The average molecular weight is 332 g/mol. The van der Waals surface area contributed by atoms with Gasteiger partial charge in [-0.25, -0.2) is 8.78 Å². The fourth-order valence-electron chi connectivity index (χ4n) is 2.68. The molecule has 1 fully saturated rings. The lowest BCUT2D eigenvalue weighted by Gasteiger charge is -2.23. The minimum Gasteiger partial charge on any atom is -0.457 e. The van der Waals surface area contributed by atoms with Crippen molar-refractivity contribution < 1.29 is 18.3 Å². The summed E-state index contributed by atoms with van der Waals surface area (Å²) in [7, 11) is 1.80. The first-order chi connectivity index (χ1) is 11.5. The van der Waals surface area contributed by atoms with E-state index in [4.69, 9.17) is 4.74 Å². The minimum absolute atomic E-state index is 0.0527. The second-order valence-electron chi connectivity index (χ2n) is 5.77. The fourth-order valence-corrected chi connectivity index (χ4v) is 2.68. The molecule has 1 heterocycles. The van der Waals surface area contributed by atoms with Gasteiger partial charge in [-0.2, -0.15) is 0 Å². The van der Waals surface area contributed by atoms with E-state index in [-0.39, 0.29) is 17.7 Å². The highest BCUT2D eigenvalue weighted by Gasteiger charge is 2.23. The summed E-state index contributed by atoms with van der Waals surface area (Å²) in [5.74, 6) is -1.30. The molecule has 1 unspecified atom stereocenters. The molecule has 1 amide bonds. The van der Waals surface area contributed by atoms with Crippen LogP contribution in [0.4, 0.5) is 8.78 Å². The van der Waals surface area contributed by atoms with Crippen LogP contribution < -0.4 is 10.1 Å². The number of rotatable bonds is 4. The van der Waals surface area contributed by atoms with Gasteiger partial charge in [0.15, 0.2) is 11.6 Å². The lowest BCUT2D eigenvalue weighted by Crippen LogP contribution is -2.38. The normalized spacial score (nSPS) is 16.9. The van der Waals surface area contributed by atoms with Gasteiger partial charge in [0.25, 0.3) is 5.91 Å². The van der Waals surface area contributed by atoms with Crippen LogP contribution >= 0.6 is 0 Å². The summed E-state index contributed by atoms with van der Waals surface area (Å²) in [6.07, 6.45) is 0.944. The summed E-state index contributed by atoms with van der Waals surface area (Å²) < 4.78 is 31.6. The first-order valence-corrected chi connectivity index (χ1v) is 7.75. The van der Waals surface area contributed by atoms with Gasteiger partial charge in [-0.15, -0.1) is 0 Å². The molecule has 1 aliphatic rings. The van der Waals surface area contributed by atoms with Crippen molar-refractivity contribution in [1.29, 1.82) is 0 Å². The smallest absolute Gasteiger partial charge is 0.253 e. The molecule has 2 aromatic rings. The molecule has 0 saturated carbocycles. The second-order valence-corrected chi connectivity index (χ2v) is 5.77. The van der Waals surface area contributed by atoms with E-state index < -0.39 is 11.6 Å². The van der Waals surface area contributed by atoms with E-state index in [0.29, 0.717) is 11.3 Å². The molecule has 2 aromatic carbocycles. The molecule has 3 rings (SSSR count). The Kier molecular flexibility index (Phi) is 4.76. The van der Waals surface area contributed by atoms with Gasteiger partial charge in [-0.05, 0) is 49.4 Å². The quantitative estimate of drug-likeness (QED) is 0.935. The van der Waals surface area contributed by atoms with Crippen LogP contribution in [0.15, 0.2) is 42.5 Å². The number of halogens is 2. The zero-order valence-electron chi connectivity index (χ0n) is 13.3. The molecular formula is C18H18F2N2O2. The fraction of sp³-hybridized carbons (Fsp3) is 0.278. The van der Waals surface area contributed by atoms with Gasteiger partial charge in [-0.3, -0.25) is 4.79 Å². The van der Waals surface area contributed by atoms with Gasteiger partial charge in [-0.1, -0.05) is 0 Å². The predicted molar refractivity (Wildman–Crippen MR) is 86.2 cm³/mol. The van der Waals surface area contributed by atoms with Gasteiger partial charge in [0.1, 0.15) is 11.5 Å². The number of hydrogen-bond acceptors (Lipinski definition) is 3. The number of nitrogens with zero attached hydrogens (tertiary/aromatic N) is 1. The number of carbonyl (C=O) groups excluding carboxylic acids is 1. The number of nitrogens with one attached hydrogen (secondary N) is 1. The highest BCUT2D eigenvalue weighted by Crippen LogP contribution is 2.24. The second kappa shape index (κ2) is 6.97. The molecule has 1 atom stereocenters. The number of hydrogen-bond donors (Lipinski definition) is 1. The first kappa shape index (κ1) is 16.4. The third-order valence-corrected chi connectivity index (χ3v) is 4.13. The van der Waals surface area contributed by atoms with Crippen LogP contribution in [-0.2, 0) is 0 Å². The largest absolute Gasteiger partial charge is 0.457 e. The van der Waals surface area contributed by atoms with Crippen LogP contribution in [0.5, 0.6) is 11.5 Å². The Balaban J connectivity index is 1.68. The molecule has 0 aliphatic carbocycles. The van der Waals surface area contributed by atoms with Gasteiger partial charge in [0.2, 0.25) is 0 Å². The van der Waals surface area contributed by atoms with E-state index in [9.17, 15) is 13.6 Å². The van der Waals surface area contributed by atoms with Gasteiger partial charge in [0.05, 0.1) is 0 Å². The van der Waals surface area contributed by atoms with Crippen molar-refractivity contribution in [2.75, 3.05) is 20.1 Å². The van der Waals surface area contributed by atoms with Crippen LogP contribution in [0.3, 0.4) is 0 Å². The summed E-state index contributed by atoms with van der Waals surface area (Å²) in [5.41, 5.74) is 0.557. The molecule has 1 N–H and O–H groups in total. The Morgan fingerprint density at radius 3 is 2.46 bits per heavy atom. The molecule has 1 aliphatic heterocycles. The maximum Gasteiger partial charge on any atom is 0.253 e. The Hall–Kier alpha value is -2.47. The molecule has 126 valence electrons. The van der Waals surface area contributed by atoms with Crippen molar-refractivity contribution in [3.8, 4) is 11.5 Å². The number of benzene rings is 2. The number of carbonyl (C=O) groups is 1. The van der Waals surface area contributed by atoms with Gasteiger partial charge >= 0.3 is 0 Å². The van der Waals surface area contributed by atoms with E-state index in [1.54, 1.807) is 36.2 Å². The molecule has 1 saturated heterocycles. The van der Waals surface area contributed by atoms with E-state index in [0.717, 1.165) is 31.6 Å². The Bertz CT molecular complexity index is 728. The SMILES string of the molecule is CN(C(=O)c1ccc(Oc2ccc(F)c(F)c2)cc1)C1CCNC1. The summed E-state index contributed by atoms with van der Waals surface area (Å²) in [4.78, 5) is 14.2. The topological polar surface area (TPSA) is 41.6 Å². The molecule has 0 aromatic heterocycles. The van der Waals surface area contributed by atoms with Crippen LogP contribution in [0, 0.1) is 11.6 Å². The van der Waals surface area contributed by atoms with Crippen molar-refractivity contribution in [3.63, 3.8) is 0 Å². The molecule has 24 heavy (non-hydrogen) atoms. The predicted octanol–water partition coefficient (Wildman–Crippen LogP) is 3.19. The molecule has 4 nitrogen and oxygen atoms in total. The number of amides is 1. The van der Waals surface area contributed by atoms with Crippen LogP contribution in [0.25, 0.3) is 0 Å². The molecule has 6 heteroatoms. The first-order valence-electron chi connectivity index (χ1n) is 7.75. The third-order valence-electron chi connectivity index (χ3n) is 4.13. The van der Waals surface area contributed by atoms with E-state index in [1.807, 2.05) is 0 Å². The average Bonchev–Trinajstić information content (AvgIpc) is 3.12. The third kappa shape index (κ3) is 3.54. The lowest BCUT2D eigenvalue weighted by molar-refractivity contribution is 0.0744. The Labute approximate surface area is 139 Å². The lowest BCUT2D eigenvalue weighted by atomic mass is 10.1. The zero-order valence-corrected chi connectivity index (χ0v) is 13.3. The maximum atomic E-state index is 13.2. The van der Waals surface area contributed by atoms with Gasteiger partial charge < -0.3 is 15.0 Å². The Morgan fingerprint density at radius 2 is 1.83 bits per heavy atom. The van der Waals surface area contributed by atoms with E-state index >= 15 is 0 Å². The van der Waals surface area contributed by atoms with Gasteiger partial charge in [0, 0.05) is 31.3 Å². The summed E-state index contributed by atoms with van der Waals surface area (Å²) in [5, 5.41) is 3.23. The Morgan fingerprint density at radius 1 is 1.12 bits per heavy atom. The minimum atomic E-state index is -0.967. The maximum absolute atomic E-state index is 13.2. The number of likely N-dealkylation sites (N-methyl/N-ethyl adjacent to an activating group) is 1. The van der Waals surface area contributed by atoms with Crippen molar-refractivity contribution in [2.24, 2.45) is 0 Å². The monoisotopic (exact) mass is 332 g/mol. The standard InChI is InChI=1S/C18H18F2N2O2/c1-22(13-8-9-21-11-13)18(23)12-2-4-14(5-3-12)24-15-6-7-16(19)17(20)10-15/h2-7,10,13,21H,8-9,11H2,1H3. The summed E-state index contributed by atoms with van der Waals surface area (Å²) in [6.45, 7) is 1.73. The van der Waals surface area contributed by atoms with Crippen molar-refractivity contribution >= 4 is 5.91 Å². The van der Waals surface area contributed by atoms with E-state index in [2.05, 4.69) is 5.32 Å². The molecule has 0 radical (unpaired) electrons. The summed E-state index contributed by atoms with van der Waals surface area (Å²) >= 11 is 0. The molecular weight excluding hydrogens is 314 g/mol. The van der Waals surface area contributed by atoms with Crippen molar-refractivity contribution in [1.82, 2.24) is 10.2 Å². The highest BCUT2D eigenvalue weighted by atomic mass is 19.2. The van der Waals surface area contributed by atoms with Crippen molar-refractivity contribution in [2.45, 2.75) is 12.5 Å². The zero-order chi connectivity index (χ0) is 17.1.